The summed E-state index contributed by atoms with van der Waals surface area (Å²) in [4.78, 5) is 9.41. The molecular formula is C22H36N4O3. The topological polar surface area (TPSA) is 58.6 Å². The Labute approximate surface area is 175 Å². The van der Waals surface area contributed by atoms with Crippen molar-refractivity contribution >= 4 is 5.96 Å². The summed E-state index contributed by atoms with van der Waals surface area (Å²) in [6, 6.07) is 11.1. The lowest BCUT2D eigenvalue weighted by molar-refractivity contribution is -0.0502. The van der Waals surface area contributed by atoms with Crippen LogP contribution in [0.1, 0.15) is 18.4 Å². The summed E-state index contributed by atoms with van der Waals surface area (Å²) in [5.41, 5.74) is 1.36. The van der Waals surface area contributed by atoms with Gasteiger partial charge in [-0.2, -0.15) is 0 Å². The number of unbranched alkanes of at least 4 members (excludes halogenated alkanes) is 1. The third kappa shape index (κ3) is 6.67. The number of guanidine groups is 1. The number of fused-ring (bicyclic) bond motifs is 1. The number of hydrogen-bond acceptors (Lipinski definition) is 5. The van der Waals surface area contributed by atoms with Crippen molar-refractivity contribution in [2.24, 2.45) is 4.99 Å². The van der Waals surface area contributed by atoms with Gasteiger partial charge in [0.25, 0.3) is 0 Å². The van der Waals surface area contributed by atoms with E-state index < -0.39 is 0 Å². The average Bonchev–Trinajstić information content (AvgIpc) is 3.18. The van der Waals surface area contributed by atoms with Gasteiger partial charge >= 0.3 is 0 Å². The third-order valence-corrected chi connectivity index (χ3v) is 5.59. The number of benzene rings is 1. The van der Waals surface area contributed by atoms with Crippen molar-refractivity contribution in [3.8, 4) is 0 Å². The zero-order valence-corrected chi connectivity index (χ0v) is 17.9. The maximum Gasteiger partial charge on any atom is 0.193 e. The minimum absolute atomic E-state index is 0.250. The Hall–Kier alpha value is -1.67. The average molecular weight is 405 g/mol. The first kappa shape index (κ1) is 22.0. The molecule has 2 atom stereocenters. The van der Waals surface area contributed by atoms with Crippen molar-refractivity contribution < 1.29 is 14.2 Å². The molecule has 1 aromatic rings. The number of rotatable bonds is 10. The second-order valence-corrected chi connectivity index (χ2v) is 7.62. The molecule has 3 rings (SSSR count). The highest BCUT2D eigenvalue weighted by atomic mass is 16.5. The predicted molar refractivity (Wildman–Crippen MR) is 115 cm³/mol. The Bertz CT molecular complexity index is 613. The summed E-state index contributed by atoms with van der Waals surface area (Å²) in [5.74, 6) is 0.975. The molecule has 0 bridgehead atoms. The summed E-state index contributed by atoms with van der Waals surface area (Å²) in [6.45, 7) is 7.63. The van der Waals surface area contributed by atoms with Gasteiger partial charge in [-0.3, -0.25) is 9.89 Å². The smallest absolute Gasteiger partial charge is 0.193 e. The van der Waals surface area contributed by atoms with E-state index in [0.29, 0.717) is 19.3 Å². The van der Waals surface area contributed by atoms with E-state index in [1.165, 1.54) is 5.56 Å². The van der Waals surface area contributed by atoms with Crippen LogP contribution in [0.5, 0.6) is 0 Å². The van der Waals surface area contributed by atoms with Gasteiger partial charge in [-0.15, -0.1) is 0 Å². The molecule has 1 aromatic carbocycles. The van der Waals surface area contributed by atoms with E-state index in [1.807, 2.05) is 7.05 Å². The lowest BCUT2D eigenvalue weighted by Crippen LogP contribution is -2.50. The van der Waals surface area contributed by atoms with Gasteiger partial charge in [-0.1, -0.05) is 30.3 Å². The third-order valence-electron chi connectivity index (χ3n) is 5.59. The van der Waals surface area contributed by atoms with Crippen LogP contribution in [0.25, 0.3) is 0 Å². The largest absolute Gasteiger partial charge is 0.382 e. The van der Waals surface area contributed by atoms with Crippen molar-refractivity contribution in [1.29, 1.82) is 0 Å². The molecule has 2 aliphatic rings. The standard InChI is InChI=1S/C22H36N4O3/c1-23-22(24-10-6-7-12-28-15-14-27-2)26-17-20-21(18-26)29-13-11-25(20)16-19-8-4-3-5-9-19/h3-5,8-9,20-21H,6-7,10-18H2,1-2H3,(H,23,24). The van der Waals surface area contributed by atoms with E-state index in [4.69, 9.17) is 14.2 Å². The summed E-state index contributed by atoms with van der Waals surface area (Å²) >= 11 is 0. The van der Waals surface area contributed by atoms with Gasteiger partial charge in [0.2, 0.25) is 0 Å². The molecule has 2 heterocycles. The first-order chi connectivity index (χ1) is 14.3. The van der Waals surface area contributed by atoms with E-state index in [2.05, 4.69) is 50.4 Å². The predicted octanol–water partition coefficient (Wildman–Crippen LogP) is 1.59. The molecule has 2 aliphatic heterocycles. The molecular weight excluding hydrogens is 368 g/mol. The molecule has 1 N–H and O–H groups in total. The van der Waals surface area contributed by atoms with E-state index in [-0.39, 0.29) is 6.10 Å². The van der Waals surface area contributed by atoms with Crippen LogP contribution >= 0.6 is 0 Å². The van der Waals surface area contributed by atoms with Crippen molar-refractivity contribution in [2.45, 2.75) is 31.5 Å². The molecule has 0 spiro atoms. The zero-order chi connectivity index (χ0) is 20.3. The van der Waals surface area contributed by atoms with E-state index in [9.17, 15) is 0 Å². The van der Waals surface area contributed by atoms with Crippen LogP contribution in [0.15, 0.2) is 35.3 Å². The van der Waals surface area contributed by atoms with Crippen LogP contribution in [0, 0.1) is 0 Å². The zero-order valence-electron chi connectivity index (χ0n) is 17.9. The Balaban J connectivity index is 1.42. The van der Waals surface area contributed by atoms with Gasteiger partial charge in [-0.05, 0) is 18.4 Å². The van der Waals surface area contributed by atoms with Crippen molar-refractivity contribution in [3.63, 3.8) is 0 Å². The van der Waals surface area contributed by atoms with Gasteiger partial charge < -0.3 is 24.4 Å². The molecule has 0 aliphatic carbocycles. The monoisotopic (exact) mass is 404 g/mol. The maximum atomic E-state index is 6.09. The SMILES string of the molecule is CN=C(NCCCCOCCOC)N1CC2OCCN(Cc3ccccc3)C2C1. The normalized spacial score (nSPS) is 22.7. The fourth-order valence-electron chi connectivity index (χ4n) is 4.05. The lowest BCUT2D eigenvalue weighted by Gasteiger charge is -2.36. The summed E-state index contributed by atoms with van der Waals surface area (Å²) in [5, 5.41) is 3.51. The van der Waals surface area contributed by atoms with Gasteiger partial charge in [0.1, 0.15) is 0 Å². The van der Waals surface area contributed by atoms with Crippen LogP contribution in [0.2, 0.25) is 0 Å². The Morgan fingerprint density at radius 1 is 1.17 bits per heavy atom. The molecule has 162 valence electrons. The molecule has 2 saturated heterocycles. The molecule has 0 radical (unpaired) electrons. The van der Waals surface area contributed by atoms with E-state index >= 15 is 0 Å². The molecule has 2 fully saturated rings. The van der Waals surface area contributed by atoms with Crippen LogP contribution in [0.4, 0.5) is 0 Å². The summed E-state index contributed by atoms with van der Waals surface area (Å²) < 4.78 is 16.6. The fraction of sp³-hybridized carbons (Fsp3) is 0.682. The minimum Gasteiger partial charge on any atom is -0.382 e. The van der Waals surface area contributed by atoms with Gasteiger partial charge in [0.05, 0.1) is 32.0 Å². The highest BCUT2D eigenvalue weighted by molar-refractivity contribution is 5.80. The lowest BCUT2D eigenvalue weighted by atomic mass is 10.1. The van der Waals surface area contributed by atoms with Crippen molar-refractivity contribution in [3.05, 3.63) is 35.9 Å². The first-order valence-corrected chi connectivity index (χ1v) is 10.7. The Morgan fingerprint density at radius 3 is 2.83 bits per heavy atom. The van der Waals surface area contributed by atoms with Crippen molar-refractivity contribution in [1.82, 2.24) is 15.1 Å². The fourth-order valence-corrected chi connectivity index (χ4v) is 4.05. The van der Waals surface area contributed by atoms with Gasteiger partial charge in [0.15, 0.2) is 5.96 Å². The van der Waals surface area contributed by atoms with Crippen LogP contribution in [-0.2, 0) is 20.8 Å². The minimum atomic E-state index is 0.250. The first-order valence-electron chi connectivity index (χ1n) is 10.7. The van der Waals surface area contributed by atoms with Gasteiger partial charge in [-0.25, -0.2) is 0 Å². The Kier molecular flexibility index (Phi) is 9.21. The quantitative estimate of drug-likeness (QED) is 0.363. The number of methoxy groups -OCH3 is 1. The van der Waals surface area contributed by atoms with E-state index in [1.54, 1.807) is 7.11 Å². The van der Waals surface area contributed by atoms with Crippen LogP contribution in [0.3, 0.4) is 0 Å². The van der Waals surface area contributed by atoms with Crippen LogP contribution in [-0.4, -0.2) is 94.7 Å². The second kappa shape index (κ2) is 12.1. The number of aliphatic imine (C=N–C) groups is 1. The molecule has 29 heavy (non-hydrogen) atoms. The van der Waals surface area contributed by atoms with E-state index in [0.717, 1.165) is 64.7 Å². The molecule has 0 aromatic heterocycles. The number of nitrogens with zero attached hydrogens (tertiary/aromatic N) is 3. The summed E-state index contributed by atoms with van der Waals surface area (Å²) in [6.07, 6.45) is 2.34. The summed E-state index contributed by atoms with van der Waals surface area (Å²) in [7, 11) is 3.56. The molecule has 0 amide bonds. The second-order valence-electron chi connectivity index (χ2n) is 7.62. The highest BCUT2D eigenvalue weighted by Crippen LogP contribution is 2.24. The molecule has 7 heteroatoms. The maximum absolute atomic E-state index is 6.09. The molecule has 7 nitrogen and oxygen atoms in total. The highest BCUT2D eigenvalue weighted by Gasteiger charge is 2.41. The molecule has 0 saturated carbocycles. The van der Waals surface area contributed by atoms with Crippen molar-refractivity contribution in [2.75, 3.05) is 66.8 Å². The number of likely N-dealkylation sites (tertiary alicyclic amines) is 1. The van der Waals surface area contributed by atoms with Gasteiger partial charge in [0, 0.05) is 53.5 Å². The number of hydrogen-bond donors (Lipinski definition) is 1. The Morgan fingerprint density at radius 2 is 2.03 bits per heavy atom. The number of nitrogens with one attached hydrogen (secondary N) is 1. The number of ether oxygens (including phenoxy) is 3. The van der Waals surface area contributed by atoms with Crippen LogP contribution < -0.4 is 5.32 Å². The molecule has 2 unspecified atom stereocenters. The number of morpholine rings is 1.